The molecule has 0 saturated carbocycles. The second kappa shape index (κ2) is 12.5. The third kappa shape index (κ3) is 9.59. The Kier molecular flexibility index (Phi) is 26.1. The number of nitrogens with two attached hydrogens (primary N) is 2. The molecule has 14 heavy (non-hydrogen) atoms. The van der Waals surface area contributed by atoms with Crippen LogP contribution < -0.4 is 11.2 Å². The Labute approximate surface area is 98.1 Å². The maximum Gasteiger partial charge on any atom is 4.00 e. The van der Waals surface area contributed by atoms with Gasteiger partial charge in [0.25, 0.3) is 5.56 Å². The number of aromatic amines is 2. The summed E-state index contributed by atoms with van der Waals surface area (Å²) < 4.78 is 0. The second-order valence-corrected chi connectivity index (χ2v) is 1.84. The van der Waals surface area contributed by atoms with Gasteiger partial charge in [0.05, 0.1) is 0 Å². The van der Waals surface area contributed by atoms with Crippen molar-refractivity contribution in [2.24, 2.45) is 0 Å². The summed E-state index contributed by atoms with van der Waals surface area (Å²) >= 11 is 5.27. The van der Waals surface area contributed by atoms with E-state index >= 15 is 0 Å². The van der Waals surface area contributed by atoms with E-state index in [1.54, 1.807) is 0 Å². The quantitative estimate of drug-likeness (QED) is 0.545. The first kappa shape index (κ1) is 29.2. The molecule has 0 aromatic carbocycles. The first-order chi connectivity index (χ1) is 4.18. The van der Waals surface area contributed by atoms with Gasteiger partial charge in [-0.25, -0.2) is 4.79 Å². The molecule has 1 aromatic heterocycles. The van der Waals surface area contributed by atoms with E-state index in [1.807, 2.05) is 4.98 Å². The van der Waals surface area contributed by atoms with Gasteiger partial charge in [0.15, 0.2) is 0 Å². The van der Waals surface area contributed by atoms with Crippen molar-refractivity contribution in [1.82, 2.24) is 9.97 Å². The monoisotopic (exact) mass is 409 g/mol. The zero-order valence-electron chi connectivity index (χ0n) is 6.74. The third-order valence-corrected chi connectivity index (χ3v) is 0.931. The van der Waals surface area contributed by atoms with Crippen LogP contribution in [0, 0.1) is 0 Å². The third-order valence-electron chi connectivity index (χ3n) is 0.727. The molecule has 10 heteroatoms. The predicted molar refractivity (Wildman–Crippen MR) is 50.5 cm³/mol. The largest absolute Gasteiger partial charge is 4.00 e. The summed E-state index contributed by atoms with van der Waals surface area (Å²) in [5, 5.41) is 0.0451. The van der Waals surface area contributed by atoms with Crippen molar-refractivity contribution in [3.05, 3.63) is 44.4 Å². The summed E-state index contributed by atoms with van der Waals surface area (Å²) in [6, 6.07) is 1.09. The molecule has 1 heterocycles. The van der Waals surface area contributed by atoms with Gasteiger partial charge in [0.2, 0.25) is 0 Å². The molecule has 0 aliphatic carbocycles. The van der Waals surface area contributed by atoms with E-state index in [1.165, 1.54) is 0 Å². The zero-order chi connectivity index (χ0) is 6.85. The van der Waals surface area contributed by atoms with Gasteiger partial charge in [0.1, 0.15) is 5.15 Å². The first-order valence-corrected chi connectivity index (χ1v) is 2.55. The van der Waals surface area contributed by atoms with Crippen LogP contribution in [0.1, 0.15) is 0 Å². The van der Waals surface area contributed by atoms with Crippen molar-refractivity contribution in [3.8, 4) is 0 Å². The maximum atomic E-state index is 10.4. The molecule has 0 aliphatic rings. The van der Waals surface area contributed by atoms with Crippen molar-refractivity contribution in [2.75, 3.05) is 0 Å². The molecule has 86 valence electrons. The number of aromatic nitrogens is 2. The van der Waals surface area contributed by atoms with Gasteiger partial charge in [-0.3, -0.25) is 14.8 Å². The van der Waals surface area contributed by atoms with E-state index in [9.17, 15) is 9.59 Å². The number of halogens is 1. The van der Waals surface area contributed by atoms with E-state index in [0.717, 1.165) is 6.07 Å². The molecule has 0 radical (unpaired) electrons. The van der Waals surface area contributed by atoms with Gasteiger partial charge in [-0.1, -0.05) is 11.6 Å². The molecule has 1 rings (SSSR count). The number of H-pyrrole nitrogens is 2. The van der Waals surface area contributed by atoms with Gasteiger partial charge in [-0.05, 0) is 0 Å². The van der Waals surface area contributed by atoms with Crippen molar-refractivity contribution < 1.29 is 32.0 Å². The Balaban J connectivity index is -0.0000000540. The first-order valence-electron chi connectivity index (χ1n) is 2.17. The topological polar surface area (TPSA) is 196 Å². The van der Waals surface area contributed by atoms with Gasteiger partial charge in [0, 0.05) is 6.07 Å². The van der Waals surface area contributed by atoms with Crippen LogP contribution in [0.25, 0.3) is 12.3 Å². The summed E-state index contributed by atoms with van der Waals surface area (Å²) in [5.41, 5.74) is -1.09. The van der Waals surface area contributed by atoms with Crippen LogP contribution in [-0.2, 0) is 21.1 Å². The normalized spacial score (nSPS) is 6.07. The molecular formula is C4H11ClN4O4Pt+2. The average Bonchev–Trinajstić information content (AvgIpc) is 1.59. The van der Waals surface area contributed by atoms with Crippen LogP contribution in [0.5, 0.6) is 0 Å². The van der Waals surface area contributed by atoms with E-state index < -0.39 is 11.2 Å². The summed E-state index contributed by atoms with van der Waals surface area (Å²) in [7, 11) is 0. The fourth-order valence-corrected chi connectivity index (χ4v) is 0.624. The minimum Gasteiger partial charge on any atom is -0.693 e. The van der Waals surface area contributed by atoms with Crippen molar-refractivity contribution in [2.45, 2.75) is 0 Å². The van der Waals surface area contributed by atoms with Crippen molar-refractivity contribution in [3.63, 3.8) is 0 Å². The second-order valence-electron chi connectivity index (χ2n) is 1.44. The summed E-state index contributed by atoms with van der Waals surface area (Å²) in [6.45, 7) is 0. The molecule has 0 aliphatic heterocycles. The minimum atomic E-state index is -0.590. The van der Waals surface area contributed by atoms with E-state index in [4.69, 9.17) is 11.6 Å². The summed E-state index contributed by atoms with van der Waals surface area (Å²) in [6.07, 6.45) is 0. The number of rotatable bonds is 0. The van der Waals surface area contributed by atoms with E-state index in [0.29, 0.717) is 0 Å². The Morgan fingerprint density at radius 1 is 1.07 bits per heavy atom. The van der Waals surface area contributed by atoms with E-state index in [-0.39, 0.29) is 49.5 Å². The number of hydrogen-bond acceptors (Lipinski definition) is 2. The molecule has 0 unspecified atom stereocenters. The van der Waals surface area contributed by atoms with Gasteiger partial charge >= 0.3 is 26.8 Å². The van der Waals surface area contributed by atoms with Gasteiger partial charge in [-0.15, -0.1) is 0 Å². The molecule has 0 spiro atoms. The van der Waals surface area contributed by atoms with Crippen LogP contribution in [0.4, 0.5) is 0 Å². The number of hydrogen-bond donors (Lipinski definition) is 2. The summed E-state index contributed by atoms with van der Waals surface area (Å²) in [5.74, 6) is 0. The molecular weight excluding hydrogens is 399 g/mol. The Morgan fingerprint density at radius 3 is 1.79 bits per heavy atom. The summed E-state index contributed by atoms with van der Waals surface area (Å²) in [4.78, 5) is 24.8. The molecule has 8 nitrogen and oxygen atoms in total. The molecule has 0 bridgehead atoms. The smallest absolute Gasteiger partial charge is 0.693 e. The average molecular weight is 410 g/mol. The fourth-order valence-electron chi connectivity index (χ4n) is 0.439. The van der Waals surface area contributed by atoms with Crippen LogP contribution >= 0.6 is 11.6 Å². The molecule has 0 atom stereocenters. The molecule has 0 amide bonds. The SMILES string of the molecule is O.O.O=c1cc(Cl)[nH]c(=O)[nH]1.[NH2-].[NH2-].[Pt+4]. The van der Waals surface area contributed by atoms with Crippen LogP contribution in [0.3, 0.4) is 0 Å². The Morgan fingerprint density at radius 2 is 1.50 bits per heavy atom. The van der Waals surface area contributed by atoms with Crippen molar-refractivity contribution in [1.29, 1.82) is 0 Å². The molecule has 0 saturated heterocycles. The van der Waals surface area contributed by atoms with E-state index in [2.05, 4.69) is 4.98 Å². The van der Waals surface area contributed by atoms with Crippen LogP contribution in [0.15, 0.2) is 15.7 Å². The fraction of sp³-hybridized carbons (Fsp3) is 0. The standard InChI is InChI=1S/C4H3ClN2O2.2H2N.2H2O.Pt/c5-2-1-3(8)7-4(9)6-2;;;;;/h1H,(H2,6,7,8,9);4*1H2;/q;2*-1;;;+4. The maximum absolute atomic E-state index is 10.4. The molecule has 0 fully saturated rings. The van der Waals surface area contributed by atoms with Gasteiger partial charge in [-0.2, -0.15) is 0 Å². The van der Waals surface area contributed by atoms with Gasteiger partial charge < -0.3 is 23.3 Å². The number of nitrogens with one attached hydrogen (secondary N) is 2. The Bertz CT molecular complexity index is 297. The molecule has 10 N–H and O–H groups in total. The zero-order valence-corrected chi connectivity index (χ0v) is 9.77. The van der Waals surface area contributed by atoms with Crippen LogP contribution in [-0.4, -0.2) is 20.9 Å². The van der Waals surface area contributed by atoms with Crippen LogP contribution in [0.2, 0.25) is 5.15 Å². The minimum absolute atomic E-state index is 0. The van der Waals surface area contributed by atoms with Crippen molar-refractivity contribution >= 4 is 11.6 Å². The molecule has 1 aromatic rings. The Hall–Kier alpha value is -0.502. The predicted octanol–water partition coefficient (Wildman–Crippen LogP) is -0.501.